The minimum Gasteiger partial charge on any atom is -0.354 e. The standard InChI is InChI=1S/C14H12Cl2N4O3S/c1-20-14(21)12-9(6-11(16)18-13(12)19-20)17-8-4-3-7(15)5-10(8)24(2,22)23/h3-6H,1-2H3,(H2,17,18,19). The minimum atomic E-state index is -3.53. The largest absolute Gasteiger partial charge is 0.354 e. The van der Waals surface area contributed by atoms with Crippen LogP contribution >= 0.6 is 23.2 Å². The molecule has 7 nitrogen and oxygen atoms in total. The number of aryl methyl sites for hydroxylation is 1. The summed E-state index contributed by atoms with van der Waals surface area (Å²) in [5.41, 5.74) is 0.617. The Bertz CT molecular complexity index is 1120. The molecule has 1 aromatic carbocycles. The molecule has 10 heteroatoms. The van der Waals surface area contributed by atoms with Gasteiger partial charge in [0.25, 0.3) is 5.56 Å². The molecule has 0 saturated carbocycles. The van der Waals surface area contributed by atoms with Crippen molar-refractivity contribution in [2.75, 3.05) is 11.6 Å². The number of sulfone groups is 1. The predicted molar refractivity (Wildman–Crippen MR) is 94.2 cm³/mol. The van der Waals surface area contributed by atoms with E-state index < -0.39 is 9.84 Å². The normalized spacial score (nSPS) is 11.8. The van der Waals surface area contributed by atoms with Crippen molar-refractivity contribution in [1.82, 2.24) is 14.8 Å². The van der Waals surface area contributed by atoms with Gasteiger partial charge < -0.3 is 5.32 Å². The molecular weight excluding hydrogens is 375 g/mol. The second-order valence-electron chi connectivity index (χ2n) is 5.23. The van der Waals surface area contributed by atoms with Gasteiger partial charge in [0.2, 0.25) is 0 Å². The van der Waals surface area contributed by atoms with E-state index in [0.717, 1.165) is 6.26 Å². The summed E-state index contributed by atoms with van der Waals surface area (Å²) in [5, 5.41) is 6.44. The third-order valence-corrected chi connectivity index (χ3v) is 4.96. The number of aromatic nitrogens is 3. The molecule has 0 aliphatic carbocycles. The highest BCUT2D eigenvalue weighted by atomic mass is 35.5. The van der Waals surface area contributed by atoms with Crippen molar-refractivity contribution in [3.8, 4) is 0 Å². The molecule has 0 unspecified atom stereocenters. The fraction of sp³-hybridized carbons (Fsp3) is 0.143. The molecule has 0 saturated heterocycles. The van der Waals surface area contributed by atoms with Gasteiger partial charge in [0, 0.05) is 18.3 Å². The monoisotopic (exact) mass is 386 g/mol. The van der Waals surface area contributed by atoms with Gasteiger partial charge in [0.15, 0.2) is 15.5 Å². The average Bonchev–Trinajstić information content (AvgIpc) is 2.74. The van der Waals surface area contributed by atoms with E-state index in [0.29, 0.717) is 11.3 Å². The molecule has 0 aliphatic rings. The SMILES string of the molecule is Cn1[nH]c2nc(Cl)cc(Nc3ccc(Cl)cc3S(C)(=O)=O)c2c1=O. The molecule has 3 rings (SSSR count). The number of anilines is 2. The maximum Gasteiger partial charge on any atom is 0.277 e. The maximum atomic E-state index is 12.3. The molecule has 0 bridgehead atoms. The Labute approximate surface area is 147 Å². The first-order valence-electron chi connectivity index (χ1n) is 6.68. The van der Waals surface area contributed by atoms with Gasteiger partial charge in [0.1, 0.15) is 10.5 Å². The summed E-state index contributed by atoms with van der Waals surface area (Å²) in [6.07, 6.45) is 1.08. The van der Waals surface area contributed by atoms with Crippen LogP contribution in [-0.4, -0.2) is 29.4 Å². The van der Waals surface area contributed by atoms with E-state index in [1.54, 1.807) is 13.1 Å². The molecule has 0 fully saturated rings. The molecule has 3 aromatic rings. The Balaban J connectivity index is 2.24. The van der Waals surface area contributed by atoms with Gasteiger partial charge in [-0.25, -0.2) is 13.4 Å². The molecule has 24 heavy (non-hydrogen) atoms. The van der Waals surface area contributed by atoms with E-state index in [1.165, 1.54) is 22.9 Å². The van der Waals surface area contributed by atoms with Crippen LogP contribution in [0.4, 0.5) is 11.4 Å². The zero-order valence-electron chi connectivity index (χ0n) is 12.6. The number of aromatic amines is 1. The minimum absolute atomic E-state index is 0.0171. The van der Waals surface area contributed by atoms with E-state index in [9.17, 15) is 13.2 Å². The summed E-state index contributed by atoms with van der Waals surface area (Å²) in [4.78, 5) is 16.3. The van der Waals surface area contributed by atoms with Crippen molar-refractivity contribution in [3.63, 3.8) is 0 Å². The lowest BCUT2D eigenvalue weighted by atomic mass is 10.2. The second-order valence-corrected chi connectivity index (χ2v) is 8.04. The van der Waals surface area contributed by atoms with E-state index in [1.807, 2.05) is 0 Å². The second kappa shape index (κ2) is 5.80. The molecular formula is C14H12Cl2N4O3S. The van der Waals surface area contributed by atoms with Crippen LogP contribution in [0.15, 0.2) is 34.0 Å². The fourth-order valence-corrected chi connectivity index (χ4v) is 3.63. The lowest BCUT2D eigenvalue weighted by Gasteiger charge is -2.12. The highest BCUT2D eigenvalue weighted by Crippen LogP contribution is 2.31. The topological polar surface area (TPSA) is 96.8 Å². The molecule has 0 aliphatic heterocycles. The predicted octanol–water partition coefficient (Wildman–Crippen LogP) is 2.72. The Morgan fingerprint density at radius 2 is 1.92 bits per heavy atom. The molecule has 0 spiro atoms. The molecule has 2 heterocycles. The van der Waals surface area contributed by atoms with Crippen molar-refractivity contribution < 1.29 is 8.42 Å². The highest BCUT2D eigenvalue weighted by Gasteiger charge is 2.17. The van der Waals surface area contributed by atoms with Crippen molar-refractivity contribution in [2.45, 2.75) is 4.90 Å². The van der Waals surface area contributed by atoms with Gasteiger partial charge in [-0.3, -0.25) is 14.6 Å². The van der Waals surface area contributed by atoms with Crippen molar-refractivity contribution in [1.29, 1.82) is 0 Å². The number of fused-ring (bicyclic) bond motifs is 1. The number of halogens is 2. The van der Waals surface area contributed by atoms with Crippen molar-refractivity contribution >= 4 is 55.4 Å². The lowest BCUT2D eigenvalue weighted by Crippen LogP contribution is -2.12. The lowest BCUT2D eigenvalue weighted by molar-refractivity contribution is 0.602. The van der Waals surface area contributed by atoms with E-state index in [2.05, 4.69) is 15.4 Å². The van der Waals surface area contributed by atoms with E-state index in [4.69, 9.17) is 23.2 Å². The molecule has 0 amide bonds. The van der Waals surface area contributed by atoms with Crippen LogP contribution in [0, 0.1) is 0 Å². The van der Waals surface area contributed by atoms with Crippen molar-refractivity contribution in [3.05, 3.63) is 44.8 Å². The zero-order valence-corrected chi connectivity index (χ0v) is 14.9. The van der Waals surface area contributed by atoms with Gasteiger partial charge in [-0.05, 0) is 24.3 Å². The number of pyridine rings is 1. The summed E-state index contributed by atoms with van der Waals surface area (Å²) in [5.74, 6) is 0. The van der Waals surface area contributed by atoms with Crippen LogP contribution in [-0.2, 0) is 16.9 Å². The smallest absolute Gasteiger partial charge is 0.277 e. The van der Waals surface area contributed by atoms with Gasteiger partial charge in [-0.1, -0.05) is 23.2 Å². The summed E-state index contributed by atoms with van der Waals surface area (Å²) in [6, 6.07) is 5.87. The van der Waals surface area contributed by atoms with Crippen LogP contribution in [0.25, 0.3) is 11.0 Å². The first-order valence-corrected chi connectivity index (χ1v) is 9.33. The Morgan fingerprint density at radius 1 is 1.21 bits per heavy atom. The zero-order chi connectivity index (χ0) is 17.6. The summed E-state index contributed by atoms with van der Waals surface area (Å²) in [6.45, 7) is 0. The van der Waals surface area contributed by atoms with Crippen molar-refractivity contribution in [2.24, 2.45) is 7.05 Å². The molecule has 126 valence electrons. The van der Waals surface area contributed by atoms with Gasteiger partial charge in [-0.15, -0.1) is 0 Å². The quantitative estimate of drug-likeness (QED) is 0.674. The Kier molecular flexibility index (Phi) is 4.06. The number of hydrogen-bond acceptors (Lipinski definition) is 5. The number of benzene rings is 1. The van der Waals surface area contributed by atoms with Gasteiger partial charge in [-0.2, -0.15) is 0 Å². The number of rotatable bonds is 3. The highest BCUT2D eigenvalue weighted by molar-refractivity contribution is 7.90. The van der Waals surface area contributed by atoms with Gasteiger partial charge in [0.05, 0.1) is 16.3 Å². The van der Waals surface area contributed by atoms with Crippen LogP contribution in [0.2, 0.25) is 10.2 Å². The Morgan fingerprint density at radius 3 is 2.58 bits per heavy atom. The van der Waals surface area contributed by atoms with Gasteiger partial charge >= 0.3 is 0 Å². The first-order chi connectivity index (χ1) is 11.2. The van der Waals surface area contributed by atoms with E-state index >= 15 is 0 Å². The van der Waals surface area contributed by atoms with Crippen LogP contribution < -0.4 is 10.9 Å². The molecule has 2 N–H and O–H groups in total. The summed E-state index contributed by atoms with van der Waals surface area (Å²) >= 11 is 11.9. The first kappa shape index (κ1) is 16.8. The average molecular weight is 387 g/mol. The van der Waals surface area contributed by atoms with E-state index in [-0.39, 0.29) is 31.7 Å². The number of H-pyrrole nitrogens is 1. The van der Waals surface area contributed by atoms with Crippen LogP contribution in [0.3, 0.4) is 0 Å². The molecule has 0 atom stereocenters. The number of nitrogens with one attached hydrogen (secondary N) is 2. The van der Waals surface area contributed by atoms with Crippen LogP contribution in [0.1, 0.15) is 0 Å². The maximum absolute atomic E-state index is 12.3. The number of nitrogens with zero attached hydrogens (tertiary/aromatic N) is 2. The molecule has 2 aromatic heterocycles. The van der Waals surface area contributed by atoms with Crippen LogP contribution in [0.5, 0.6) is 0 Å². The fourth-order valence-electron chi connectivity index (χ4n) is 2.34. The summed E-state index contributed by atoms with van der Waals surface area (Å²) < 4.78 is 25.2. The third-order valence-electron chi connectivity index (χ3n) is 3.39. The third kappa shape index (κ3) is 3.00. The number of hydrogen-bond donors (Lipinski definition) is 2. The summed E-state index contributed by atoms with van der Waals surface area (Å²) in [7, 11) is -1.98. The Hall–Kier alpha value is -2.03. The molecule has 0 radical (unpaired) electrons.